The molecule has 1 heterocycles. The second-order valence-corrected chi connectivity index (χ2v) is 4.59. The fraction of sp³-hybridized carbons (Fsp3) is 0.385. The number of rotatable bonds is 5. The lowest BCUT2D eigenvalue weighted by molar-refractivity contribution is 0.482. The van der Waals surface area contributed by atoms with E-state index in [0.29, 0.717) is 11.9 Å². The maximum Gasteiger partial charge on any atom is 0.318 e. The van der Waals surface area contributed by atoms with Gasteiger partial charge < -0.3 is 9.32 Å². The van der Waals surface area contributed by atoms with Gasteiger partial charge in [0.05, 0.1) is 0 Å². The molecule has 0 aliphatic rings. The third-order valence-electron chi connectivity index (χ3n) is 2.64. The van der Waals surface area contributed by atoms with Crippen LogP contribution in [0.2, 0.25) is 0 Å². The number of benzene rings is 1. The van der Waals surface area contributed by atoms with Gasteiger partial charge in [-0.3, -0.25) is 0 Å². The summed E-state index contributed by atoms with van der Waals surface area (Å²) < 4.78 is 5.50. The molecule has 0 radical (unpaired) electrons. The molecule has 0 bridgehead atoms. The van der Waals surface area contributed by atoms with Gasteiger partial charge in [0.1, 0.15) is 5.88 Å². The van der Waals surface area contributed by atoms with Gasteiger partial charge in [-0.25, -0.2) is 0 Å². The zero-order valence-electron chi connectivity index (χ0n) is 10.5. The first-order valence-electron chi connectivity index (χ1n) is 5.89. The Hall–Kier alpha value is -1.55. The fourth-order valence-electron chi connectivity index (χ4n) is 1.67. The third kappa shape index (κ3) is 3.01. The standard InChI is InChI=1S/C13H16ClN3O/c1-10(2)17(9-11-6-4-3-5-7-11)13-16-15-12(8-14)18-13/h3-7,10H,8-9H2,1-2H3. The SMILES string of the molecule is CC(C)N(Cc1ccccc1)c1nnc(CCl)o1. The summed E-state index contributed by atoms with van der Waals surface area (Å²) in [6.45, 7) is 4.92. The molecule has 2 rings (SSSR count). The van der Waals surface area contributed by atoms with Crippen molar-refractivity contribution in [3.63, 3.8) is 0 Å². The van der Waals surface area contributed by atoms with Gasteiger partial charge in [-0.05, 0) is 19.4 Å². The Morgan fingerprint density at radius 2 is 1.94 bits per heavy atom. The van der Waals surface area contributed by atoms with Crippen LogP contribution in [0.15, 0.2) is 34.7 Å². The molecule has 0 unspecified atom stereocenters. The van der Waals surface area contributed by atoms with E-state index in [4.69, 9.17) is 16.0 Å². The van der Waals surface area contributed by atoms with Crippen molar-refractivity contribution < 1.29 is 4.42 Å². The minimum atomic E-state index is 0.240. The summed E-state index contributed by atoms with van der Waals surface area (Å²) in [6.07, 6.45) is 0. The second kappa shape index (κ2) is 5.87. The van der Waals surface area contributed by atoms with Crippen molar-refractivity contribution >= 4 is 17.6 Å². The molecule has 0 saturated heterocycles. The molecule has 0 saturated carbocycles. The summed E-state index contributed by atoms with van der Waals surface area (Å²) in [5.74, 6) is 0.690. The largest absolute Gasteiger partial charge is 0.407 e. The zero-order valence-corrected chi connectivity index (χ0v) is 11.3. The molecule has 96 valence electrons. The van der Waals surface area contributed by atoms with Gasteiger partial charge in [-0.2, -0.15) is 0 Å². The monoisotopic (exact) mass is 265 g/mol. The van der Waals surface area contributed by atoms with Crippen LogP contribution in [0.4, 0.5) is 6.01 Å². The Morgan fingerprint density at radius 3 is 2.50 bits per heavy atom. The van der Waals surface area contributed by atoms with Crippen molar-refractivity contribution in [2.24, 2.45) is 0 Å². The molecule has 18 heavy (non-hydrogen) atoms. The summed E-state index contributed by atoms with van der Waals surface area (Å²) in [7, 11) is 0. The third-order valence-corrected chi connectivity index (χ3v) is 2.86. The predicted octanol–water partition coefficient (Wildman–Crippen LogP) is 3.22. The number of anilines is 1. The number of halogens is 1. The van der Waals surface area contributed by atoms with E-state index in [0.717, 1.165) is 6.54 Å². The predicted molar refractivity (Wildman–Crippen MR) is 71.6 cm³/mol. The van der Waals surface area contributed by atoms with Crippen molar-refractivity contribution in [3.8, 4) is 0 Å². The summed E-state index contributed by atoms with van der Waals surface area (Å²) >= 11 is 5.67. The van der Waals surface area contributed by atoms with E-state index < -0.39 is 0 Å². The molecule has 0 spiro atoms. The molecule has 0 aliphatic carbocycles. The number of nitrogens with zero attached hydrogens (tertiary/aromatic N) is 3. The number of alkyl halides is 1. The van der Waals surface area contributed by atoms with Crippen LogP contribution in [-0.4, -0.2) is 16.2 Å². The van der Waals surface area contributed by atoms with E-state index in [-0.39, 0.29) is 11.9 Å². The second-order valence-electron chi connectivity index (χ2n) is 4.32. The summed E-state index contributed by atoms with van der Waals surface area (Å²) in [6, 6.07) is 11.0. The van der Waals surface area contributed by atoms with E-state index in [2.05, 4.69) is 41.1 Å². The van der Waals surface area contributed by atoms with E-state index >= 15 is 0 Å². The molecule has 2 aromatic rings. The number of aromatic nitrogens is 2. The highest BCUT2D eigenvalue weighted by molar-refractivity contribution is 6.16. The van der Waals surface area contributed by atoms with Gasteiger partial charge in [-0.1, -0.05) is 35.4 Å². The van der Waals surface area contributed by atoms with Gasteiger partial charge in [0.15, 0.2) is 0 Å². The Bertz CT molecular complexity index is 484. The van der Waals surface area contributed by atoms with E-state index in [1.165, 1.54) is 5.56 Å². The molecular weight excluding hydrogens is 250 g/mol. The topological polar surface area (TPSA) is 42.2 Å². The summed E-state index contributed by atoms with van der Waals surface area (Å²) in [4.78, 5) is 2.05. The van der Waals surface area contributed by atoms with Crippen LogP contribution in [0, 0.1) is 0 Å². The lowest BCUT2D eigenvalue weighted by atomic mass is 10.2. The minimum Gasteiger partial charge on any atom is -0.407 e. The lowest BCUT2D eigenvalue weighted by Crippen LogP contribution is -2.30. The van der Waals surface area contributed by atoms with Crippen molar-refractivity contribution in [2.75, 3.05) is 4.90 Å². The van der Waals surface area contributed by atoms with Crippen molar-refractivity contribution in [2.45, 2.75) is 32.3 Å². The quantitative estimate of drug-likeness (QED) is 0.779. The van der Waals surface area contributed by atoms with Gasteiger partial charge >= 0.3 is 6.01 Å². The van der Waals surface area contributed by atoms with Gasteiger partial charge in [0, 0.05) is 12.6 Å². The molecule has 0 aliphatic heterocycles. The van der Waals surface area contributed by atoms with Crippen molar-refractivity contribution in [3.05, 3.63) is 41.8 Å². The van der Waals surface area contributed by atoms with Crippen molar-refractivity contribution in [1.82, 2.24) is 10.2 Å². The molecule has 0 atom stereocenters. The van der Waals surface area contributed by atoms with Gasteiger partial charge in [0.25, 0.3) is 0 Å². The normalized spacial score (nSPS) is 10.9. The van der Waals surface area contributed by atoms with Crippen LogP contribution in [0.1, 0.15) is 25.3 Å². The molecule has 1 aromatic carbocycles. The highest BCUT2D eigenvalue weighted by Crippen LogP contribution is 2.19. The van der Waals surface area contributed by atoms with E-state index in [1.54, 1.807) is 0 Å². The zero-order chi connectivity index (χ0) is 13.0. The Morgan fingerprint density at radius 1 is 1.22 bits per heavy atom. The first kappa shape index (κ1) is 12.9. The molecule has 1 aromatic heterocycles. The Balaban J connectivity index is 2.18. The average molecular weight is 266 g/mol. The van der Waals surface area contributed by atoms with E-state index in [9.17, 15) is 0 Å². The molecule has 0 fully saturated rings. The van der Waals surface area contributed by atoms with Crippen LogP contribution in [0.5, 0.6) is 0 Å². The van der Waals surface area contributed by atoms with Gasteiger partial charge in [-0.15, -0.1) is 16.7 Å². The molecule has 0 N–H and O–H groups in total. The summed E-state index contributed by atoms with van der Waals surface area (Å²) in [5.41, 5.74) is 1.21. The molecule has 0 amide bonds. The summed E-state index contributed by atoms with van der Waals surface area (Å²) in [5, 5.41) is 7.92. The van der Waals surface area contributed by atoms with Gasteiger partial charge in [0.2, 0.25) is 5.89 Å². The van der Waals surface area contributed by atoms with Crippen LogP contribution < -0.4 is 4.90 Å². The maximum atomic E-state index is 5.67. The van der Waals surface area contributed by atoms with Crippen LogP contribution >= 0.6 is 11.6 Å². The number of hydrogen-bond acceptors (Lipinski definition) is 4. The van der Waals surface area contributed by atoms with Crippen LogP contribution in [-0.2, 0) is 12.4 Å². The maximum absolute atomic E-state index is 5.67. The Labute approximate surface area is 112 Å². The van der Waals surface area contributed by atoms with Crippen LogP contribution in [0.3, 0.4) is 0 Å². The Kier molecular flexibility index (Phi) is 4.20. The number of hydrogen-bond donors (Lipinski definition) is 0. The first-order valence-corrected chi connectivity index (χ1v) is 6.43. The molecular formula is C13H16ClN3O. The highest BCUT2D eigenvalue weighted by Gasteiger charge is 2.17. The highest BCUT2D eigenvalue weighted by atomic mass is 35.5. The first-order chi connectivity index (χ1) is 8.70. The van der Waals surface area contributed by atoms with Crippen molar-refractivity contribution in [1.29, 1.82) is 0 Å². The fourth-order valence-corrected chi connectivity index (χ4v) is 1.77. The minimum absolute atomic E-state index is 0.240. The molecule has 5 heteroatoms. The smallest absolute Gasteiger partial charge is 0.318 e. The lowest BCUT2D eigenvalue weighted by Gasteiger charge is -2.24. The molecule has 4 nitrogen and oxygen atoms in total. The average Bonchev–Trinajstić information content (AvgIpc) is 2.85. The van der Waals surface area contributed by atoms with Crippen LogP contribution in [0.25, 0.3) is 0 Å². The van der Waals surface area contributed by atoms with E-state index in [1.807, 2.05) is 18.2 Å².